The summed E-state index contributed by atoms with van der Waals surface area (Å²) >= 11 is 5.80. The van der Waals surface area contributed by atoms with Gasteiger partial charge in [0.05, 0.1) is 13.3 Å². The van der Waals surface area contributed by atoms with Crippen LogP contribution in [0.4, 0.5) is 5.69 Å². The van der Waals surface area contributed by atoms with Gasteiger partial charge in [-0.05, 0) is 30.3 Å². The van der Waals surface area contributed by atoms with E-state index >= 15 is 0 Å². The van der Waals surface area contributed by atoms with E-state index in [9.17, 15) is 9.59 Å². The van der Waals surface area contributed by atoms with Gasteiger partial charge in [-0.25, -0.2) is 5.43 Å². The van der Waals surface area contributed by atoms with Crippen molar-refractivity contribution in [2.75, 3.05) is 12.4 Å². The van der Waals surface area contributed by atoms with Gasteiger partial charge in [0.15, 0.2) is 0 Å². The van der Waals surface area contributed by atoms with Crippen LogP contribution in [0.3, 0.4) is 0 Å². The molecule has 0 aliphatic heterocycles. The van der Waals surface area contributed by atoms with E-state index in [2.05, 4.69) is 15.8 Å². The van der Waals surface area contributed by atoms with Crippen LogP contribution in [0.1, 0.15) is 5.56 Å². The standard InChI is InChI=1S/C16H14ClN3O3/c1-23-14-8-3-2-5-11(14)10-18-20-16(22)15(21)19-13-7-4-6-12(17)9-13/h2-10H,1H3,(H,19,21)(H,20,22). The largest absolute Gasteiger partial charge is 0.496 e. The minimum atomic E-state index is -0.892. The van der Waals surface area contributed by atoms with Gasteiger partial charge in [-0.2, -0.15) is 5.10 Å². The number of nitrogens with zero attached hydrogens (tertiary/aromatic N) is 1. The number of hydrogen-bond donors (Lipinski definition) is 2. The lowest BCUT2D eigenvalue weighted by atomic mass is 10.2. The maximum absolute atomic E-state index is 11.7. The van der Waals surface area contributed by atoms with Crippen LogP contribution < -0.4 is 15.5 Å². The lowest BCUT2D eigenvalue weighted by Gasteiger charge is -2.05. The molecule has 0 saturated heterocycles. The van der Waals surface area contributed by atoms with Crippen LogP contribution in [0.5, 0.6) is 5.75 Å². The second kappa shape index (κ2) is 7.95. The highest BCUT2D eigenvalue weighted by atomic mass is 35.5. The molecule has 118 valence electrons. The number of ether oxygens (including phenoxy) is 1. The highest BCUT2D eigenvalue weighted by molar-refractivity contribution is 6.39. The summed E-state index contributed by atoms with van der Waals surface area (Å²) in [7, 11) is 1.53. The molecule has 0 fully saturated rings. The van der Waals surface area contributed by atoms with Crippen molar-refractivity contribution in [2.24, 2.45) is 5.10 Å². The highest BCUT2D eigenvalue weighted by Crippen LogP contribution is 2.15. The molecule has 23 heavy (non-hydrogen) atoms. The molecule has 0 aromatic heterocycles. The van der Waals surface area contributed by atoms with Crippen molar-refractivity contribution in [3.8, 4) is 5.75 Å². The first-order valence-corrected chi connectivity index (χ1v) is 7.01. The third-order valence-corrected chi connectivity index (χ3v) is 3.03. The van der Waals surface area contributed by atoms with E-state index in [4.69, 9.17) is 16.3 Å². The van der Waals surface area contributed by atoms with Gasteiger partial charge in [-0.15, -0.1) is 0 Å². The number of carbonyl (C=O) groups is 2. The van der Waals surface area contributed by atoms with Crippen LogP contribution >= 0.6 is 11.6 Å². The van der Waals surface area contributed by atoms with Crippen molar-refractivity contribution in [3.63, 3.8) is 0 Å². The Hall–Kier alpha value is -2.86. The average molecular weight is 332 g/mol. The molecule has 0 heterocycles. The number of amides is 2. The zero-order valence-corrected chi connectivity index (χ0v) is 13.0. The van der Waals surface area contributed by atoms with Crippen LogP contribution in [0.15, 0.2) is 53.6 Å². The van der Waals surface area contributed by atoms with Crippen LogP contribution in [0, 0.1) is 0 Å². The monoisotopic (exact) mass is 331 g/mol. The molecule has 2 amide bonds. The summed E-state index contributed by atoms with van der Waals surface area (Å²) in [6.07, 6.45) is 1.39. The van der Waals surface area contributed by atoms with Gasteiger partial charge < -0.3 is 10.1 Å². The zero-order valence-electron chi connectivity index (χ0n) is 12.2. The second-order valence-corrected chi connectivity index (χ2v) is 4.84. The number of methoxy groups -OCH3 is 1. The highest BCUT2D eigenvalue weighted by Gasteiger charge is 2.12. The van der Waals surface area contributed by atoms with E-state index in [0.717, 1.165) is 0 Å². The van der Waals surface area contributed by atoms with Crippen LogP contribution in [-0.4, -0.2) is 25.1 Å². The first kappa shape index (κ1) is 16.5. The molecule has 0 radical (unpaired) electrons. The Morgan fingerprint density at radius 1 is 1.13 bits per heavy atom. The lowest BCUT2D eigenvalue weighted by molar-refractivity contribution is -0.136. The van der Waals surface area contributed by atoms with Crippen molar-refractivity contribution in [1.82, 2.24) is 5.43 Å². The SMILES string of the molecule is COc1ccccc1C=NNC(=O)C(=O)Nc1cccc(Cl)c1. The smallest absolute Gasteiger partial charge is 0.329 e. The third-order valence-electron chi connectivity index (χ3n) is 2.80. The molecule has 0 aliphatic rings. The Morgan fingerprint density at radius 3 is 2.65 bits per heavy atom. The molecule has 0 bridgehead atoms. The quantitative estimate of drug-likeness (QED) is 0.513. The number of hydrogen-bond acceptors (Lipinski definition) is 4. The summed E-state index contributed by atoms with van der Waals surface area (Å²) in [5.41, 5.74) is 3.24. The first-order valence-electron chi connectivity index (χ1n) is 6.63. The fourth-order valence-corrected chi connectivity index (χ4v) is 1.93. The Labute approximate surface area is 138 Å². The summed E-state index contributed by atoms with van der Waals surface area (Å²) in [6, 6.07) is 13.6. The van der Waals surface area contributed by atoms with Crippen molar-refractivity contribution in [2.45, 2.75) is 0 Å². The number of para-hydroxylation sites is 1. The minimum Gasteiger partial charge on any atom is -0.496 e. The Balaban J connectivity index is 1.93. The number of nitrogens with one attached hydrogen (secondary N) is 2. The molecular weight excluding hydrogens is 318 g/mol. The summed E-state index contributed by atoms with van der Waals surface area (Å²) in [5.74, 6) is -1.13. The topological polar surface area (TPSA) is 79.8 Å². The van der Waals surface area contributed by atoms with E-state index in [-0.39, 0.29) is 0 Å². The zero-order chi connectivity index (χ0) is 16.7. The van der Waals surface area contributed by atoms with E-state index < -0.39 is 11.8 Å². The van der Waals surface area contributed by atoms with E-state index in [1.807, 2.05) is 6.07 Å². The third kappa shape index (κ3) is 4.82. The van der Waals surface area contributed by atoms with Crippen LogP contribution in [0.2, 0.25) is 5.02 Å². The predicted molar refractivity (Wildman–Crippen MR) is 88.8 cm³/mol. The molecule has 2 aromatic rings. The molecule has 2 N–H and O–H groups in total. The first-order chi connectivity index (χ1) is 11.1. The second-order valence-electron chi connectivity index (χ2n) is 4.41. The van der Waals surface area contributed by atoms with E-state index in [1.165, 1.54) is 19.4 Å². The average Bonchev–Trinajstić information content (AvgIpc) is 2.55. The van der Waals surface area contributed by atoms with E-state index in [1.54, 1.807) is 36.4 Å². The maximum atomic E-state index is 11.7. The number of rotatable bonds is 4. The molecule has 6 nitrogen and oxygen atoms in total. The van der Waals surface area contributed by atoms with Gasteiger partial charge in [0.2, 0.25) is 0 Å². The van der Waals surface area contributed by atoms with Crippen molar-refractivity contribution < 1.29 is 14.3 Å². The van der Waals surface area contributed by atoms with Gasteiger partial charge in [0, 0.05) is 16.3 Å². The fraction of sp³-hybridized carbons (Fsp3) is 0.0625. The van der Waals surface area contributed by atoms with Crippen LogP contribution in [0.25, 0.3) is 0 Å². The molecule has 0 aliphatic carbocycles. The van der Waals surface area contributed by atoms with Crippen molar-refractivity contribution in [3.05, 3.63) is 59.1 Å². The molecule has 2 rings (SSSR count). The van der Waals surface area contributed by atoms with Gasteiger partial charge in [-0.3, -0.25) is 9.59 Å². The molecule has 0 saturated carbocycles. The molecule has 2 aromatic carbocycles. The minimum absolute atomic E-state index is 0.423. The molecule has 0 atom stereocenters. The molecule has 7 heteroatoms. The fourth-order valence-electron chi connectivity index (χ4n) is 1.74. The summed E-state index contributed by atoms with van der Waals surface area (Å²) in [5, 5.41) is 6.61. The van der Waals surface area contributed by atoms with Crippen LogP contribution in [-0.2, 0) is 9.59 Å². The Kier molecular flexibility index (Phi) is 5.71. The maximum Gasteiger partial charge on any atom is 0.329 e. The van der Waals surface area contributed by atoms with Gasteiger partial charge >= 0.3 is 11.8 Å². The van der Waals surface area contributed by atoms with E-state index in [0.29, 0.717) is 22.0 Å². The number of anilines is 1. The Morgan fingerprint density at radius 2 is 1.91 bits per heavy atom. The van der Waals surface area contributed by atoms with Crippen molar-refractivity contribution >= 4 is 35.3 Å². The van der Waals surface area contributed by atoms with Gasteiger partial charge in [-0.1, -0.05) is 29.8 Å². The number of carbonyl (C=O) groups excluding carboxylic acids is 2. The van der Waals surface area contributed by atoms with Gasteiger partial charge in [0.1, 0.15) is 5.75 Å². The van der Waals surface area contributed by atoms with Crippen molar-refractivity contribution in [1.29, 1.82) is 0 Å². The number of halogens is 1. The molecule has 0 unspecified atom stereocenters. The molecule has 0 spiro atoms. The molecular formula is C16H14ClN3O3. The lowest BCUT2D eigenvalue weighted by Crippen LogP contribution is -2.32. The Bertz CT molecular complexity index is 747. The summed E-state index contributed by atoms with van der Waals surface area (Å²) in [6.45, 7) is 0. The normalized spacial score (nSPS) is 10.3. The summed E-state index contributed by atoms with van der Waals surface area (Å²) < 4.78 is 5.14. The summed E-state index contributed by atoms with van der Waals surface area (Å²) in [4.78, 5) is 23.4. The van der Waals surface area contributed by atoms with Gasteiger partial charge in [0.25, 0.3) is 0 Å². The predicted octanol–water partition coefficient (Wildman–Crippen LogP) is 2.44. The number of hydrazone groups is 1. The number of benzene rings is 2.